The SMILES string of the molecule is CCCC[C@H](N)C(=O)NCC1(C(=O)O)CCCCC1. The van der Waals surface area contributed by atoms with Crippen LogP contribution < -0.4 is 11.1 Å². The largest absolute Gasteiger partial charge is 0.481 e. The molecule has 19 heavy (non-hydrogen) atoms. The monoisotopic (exact) mass is 270 g/mol. The maximum absolute atomic E-state index is 11.8. The van der Waals surface area contributed by atoms with Crippen LogP contribution in [0.3, 0.4) is 0 Å². The normalized spacial score (nSPS) is 19.7. The number of amides is 1. The molecule has 1 rings (SSSR count). The molecule has 0 aliphatic heterocycles. The molecule has 0 unspecified atom stereocenters. The number of rotatable bonds is 7. The molecule has 0 spiro atoms. The number of hydrogen-bond acceptors (Lipinski definition) is 3. The summed E-state index contributed by atoms with van der Waals surface area (Å²) < 4.78 is 0. The zero-order valence-electron chi connectivity index (χ0n) is 11.8. The third kappa shape index (κ3) is 4.49. The van der Waals surface area contributed by atoms with Crippen molar-refractivity contribution in [1.82, 2.24) is 5.32 Å². The molecule has 0 saturated heterocycles. The molecule has 0 aromatic carbocycles. The van der Waals surface area contributed by atoms with E-state index in [1.165, 1.54) is 0 Å². The highest BCUT2D eigenvalue weighted by Gasteiger charge is 2.39. The molecule has 0 radical (unpaired) electrons. The van der Waals surface area contributed by atoms with E-state index in [0.717, 1.165) is 32.1 Å². The van der Waals surface area contributed by atoms with Gasteiger partial charge in [-0.05, 0) is 19.3 Å². The molecule has 1 saturated carbocycles. The molecule has 1 aliphatic carbocycles. The van der Waals surface area contributed by atoms with E-state index in [2.05, 4.69) is 5.32 Å². The van der Waals surface area contributed by atoms with Gasteiger partial charge >= 0.3 is 5.97 Å². The summed E-state index contributed by atoms with van der Waals surface area (Å²) in [6, 6.07) is -0.519. The van der Waals surface area contributed by atoms with E-state index in [1.54, 1.807) is 0 Å². The minimum atomic E-state index is -0.797. The van der Waals surface area contributed by atoms with E-state index in [4.69, 9.17) is 5.73 Å². The van der Waals surface area contributed by atoms with E-state index in [9.17, 15) is 14.7 Å². The first-order valence-electron chi connectivity index (χ1n) is 7.28. The molecule has 1 atom stereocenters. The van der Waals surface area contributed by atoms with Gasteiger partial charge in [-0.25, -0.2) is 0 Å². The summed E-state index contributed by atoms with van der Waals surface area (Å²) in [6.07, 6.45) is 6.79. The van der Waals surface area contributed by atoms with E-state index < -0.39 is 17.4 Å². The van der Waals surface area contributed by atoms with Gasteiger partial charge in [0.05, 0.1) is 11.5 Å². The lowest BCUT2D eigenvalue weighted by Crippen LogP contribution is -2.48. The Labute approximate surface area is 114 Å². The smallest absolute Gasteiger partial charge is 0.311 e. The molecule has 110 valence electrons. The van der Waals surface area contributed by atoms with Crippen LogP contribution in [0.2, 0.25) is 0 Å². The Hall–Kier alpha value is -1.10. The summed E-state index contributed by atoms with van der Waals surface area (Å²) in [5.41, 5.74) is 5.00. The van der Waals surface area contributed by atoms with Gasteiger partial charge in [-0.15, -0.1) is 0 Å². The molecule has 0 bridgehead atoms. The Morgan fingerprint density at radius 2 is 1.95 bits per heavy atom. The van der Waals surface area contributed by atoms with Crippen LogP contribution in [0.15, 0.2) is 0 Å². The quantitative estimate of drug-likeness (QED) is 0.656. The van der Waals surface area contributed by atoms with Crippen molar-refractivity contribution in [2.45, 2.75) is 64.3 Å². The van der Waals surface area contributed by atoms with Crippen molar-refractivity contribution in [1.29, 1.82) is 0 Å². The molecule has 5 heteroatoms. The Morgan fingerprint density at radius 3 is 2.47 bits per heavy atom. The van der Waals surface area contributed by atoms with Crippen LogP contribution in [0.5, 0.6) is 0 Å². The fourth-order valence-corrected chi connectivity index (χ4v) is 2.64. The number of hydrogen-bond donors (Lipinski definition) is 3. The fraction of sp³-hybridized carbons (Fsp3) is 0.857. The van der Waals surface area contributed by atoms with Crippen molar-refractivity contribution in [3.63, 3.8) is 0 Å². The van der Waals surface area contributed by atoms with Crippen LogP contribution in [-0.4, -0.2) is 29.6 Å². The number of carbonyl (C=O) groups is 2. The van der Waals surface area contributed by atoms with Crippen LogP contribution in [0.25, 0.3) is 0 Å². The van der Waals surface area contributed by atoms with Crippen LogP contribution in [0, 0.1) is 5.41 Å². The zero-order chi connectivity index (χ0) is 14.3. The number of unbranched alkanes of at least 4 members (excludes halogenated alkanes) is 1. The van der Waals surface area contributed by atoms with Crippen molar-refractivity contribution < 1.29 is 14.7 Å². The topological polar surface area (TPSA) is 92.4 Å². The summed E-state index contributed by atoms with van der Waals surface area (Å²) in [4.78, 5) is 23.3. The zero-order valence-corrected chi connectivity index (χ0v) is 11.8. The molecule has 0 aromatic heterocycles. The lowest BCUT2D eigenvalue weighted by atomic mass is 9.74. The minimum absolute atomic E-state index is 0.209. The number of nitrogens with two attached hydrogens (primary N) is 1. The molecular formula is C14H26N2O3. The first-order valence-corrected chi connectivity index (χ1v) is 7.28. The average Bonchev–Trinajstić information content (AvgIpc) is 2.42. The van der Waals surface area contributed by atoms with E-state index >= 15 is 0 Å². The first kappa shape index (κ1) is 16.0. The lowest BCUT2D eigenvalue weighted by Gasteiger charge is -2.33. The summed E-state index contributed by atoms with van der Waals surface area (Å²) in [6.45, 7) is 2.26. The number of carboxylic acids is 1. The molecule has 0 heterocycles. The molecule has 1 fully saturated rings. The standard InChI is InChI=1S/C14H26N2O3/c1-2-3-7-11(15)12(17)16-10-14(13(18)19)8-5-4-6-9-14/h11H,2-10,15H2,1H3,(H,16,17)(H,18,19)/t11-/m0/s1. The molecule has 4 N–H and O–H groups in total. The van der Waals surface area contributed by atoms with E-state index in [0.29, 0.717) is 19.3 Å². The maximum Gasteiger partial charge on any atom is 0.311 e. The van der Waals surface area contributed by atoms with Crippen LogP contribution in [-0.2, 0) is 9.59 Å². The van der Waals surface area contributed by atoms with Crippen molar-refractivity contribution in [2.75, 3.05) is 6.54 Å². The van der Waals surface area contributed by atoms with Crippen LogP contribution in [0.4, 0.5) is 0 Å². The number of nitrogens with one attached hydrogen (secondary N) is 1. The highest BCUT2D eigenvalue weighted by Crippen LogP contribution is 2.35. The lowest BCUT2D eigenvalue weighted by molar-refractivity contribution is -0.151. The Morgan fingerprint density at radius 1 is 1.32 bits per heavy atom. The van der Waals surface area contributed by atoms with Gasteiger partial charge < -0.3 is 16.2 Å². The van der Waals surface area contributed by atoms with Gasteiger partial charge in [0.2, 0.25) is 5.91 Å². The number of carboxylic acid groups (broad SMARTS) is 1. The van der Waals surface area contributed by atoms with Gasteiger partial charge in [0.1, 0.15) is 0 Å². The van der Waals surface area contributed by atoms with Crippen LogP contribution >= 0.6 is 0 Å². The van der Waals surface area contributed by atoms with Gasteiger partial charge in [0.15, 0.2) is 0 Å². The summed E-state index contributed by atoms with van der Waals surface area (Å²) >= 11 is 0. The van der Waals surface area contributed by atoms with Crippen molar-refractivity contribution >= 4 is 11.9 Å². The highest BCUT2D eigenvalue weighted by atomic mass is 16.4. The van der Waals surface area contributed by atoms with Gasteiger partial charge in [0, 0.05) is 6.54 Å². The number of carbonyl (C=O) groups excluding carboxylic acids is 1. The molecule has 1 amide bonds. The Bertz CT molecular complexity index is 312. The summed E-state index contributed by atoms with van der Waals surface area (Å²) in [7, 11) is 0. The Kier molecular flexibility index (Phi) is 6.28. The van der Waals surface area contributed by atoms with Crippen molar-refractivity contribution in [2.24, 2.45) is 11.1 Å². The third-order valence-electron chi connectivity index (χ3n) is 4.07. The molecule has 1 aliphatic rings. The number of aliphatic carboxylic acids is 1. The van der Waals surface area contributed by atoms with E-state index in [-0.39, 0.29) is 12.5 Å². The van der Waals surface area contributed by atoms with Gasteiger partial charge in [-0.1, -0.05) is 39.0 Å². The van der Waals surface area contributed by atoms with Gasteiger partial charge in [-0.3, -0.25) is 9.59 Å². The predicted molar refractivity (Wildman–Crippen MR) is 73.7 cm³/mol. The van der Waals surface area contributed by atoms with Crippen molar-refractivity contribution in [3.8, 4) is 0 Å². The second-order valence-electron chi connectivity index (χ2n) is 5.61. The highest BCUT2D eigenvalue weighted by molar-refractivity contribution is 5.82. The van der Waals surface area contributed by atoms with E-state index in [1.807, 2.05) is 6.92 Å². The van der Waals surface area contributed by atoms with Crippen molar-refractivity contribution in [3.05, 3.63) is 0 Å². The predicted octanol–water partition coefficient (Wildman–Crippen LogP) is 1.66. The third-order valence-corrected chi connectivity index (χ3v) is 4.07. The fourth-order valence-electron chi connectivity index (χ4n) is 2.64. The second kappa shape index (κ2) is 7.48. The maximum atomic E-state index is 11.8. The summed E-state index contributed by atoms with van der Waals surface area (Å²) in [5, 5.41) is 12.1. The average molecular weight is 270 g/mol. The van der Waals surface area contributed by atoms with Gasteiger partial charge in [-0.2, -0.15) is 0 Å². The van der Waals surface area contributed by atoms with Crippen LogP contribution in [0.1, 0.15) is 58.3 Å². The molecular weight excluding hydrogens is 244 g/mol. The van der Waals surface area contributed by atoms with Gasteiger partial charge in [0.25, 0.3) is 0 Å². The second-order valence-corrected chi connectivity index (χ2v) is 5.61. The Balaban J connectivity index is 2.48. The first-order chi connectivity index (χ1) is 9.02. The minimum Gasteiger partial charge on any atom is -0.481 e. The summed E-state index contributed by atoms with van der Waals surface area (Å²) in [5.74, 6) is -1.02. The molecule has 5 nitrogen and oxygen atoms in total. The molecule has 0 aromatic rings.